The predicted molar refractivity (Wildman–Crippen MR) is 173 cm³/mol. The molecule has 0 radical (unpaired) electrons. The normalized spacial score (nSPS) is 26.0. The summed E-state index contributed by atoms with van der Waals surface area (Å²) in [7, 11) is -2.77. The number of carbonyl (C=O) groups excluding carboxylic acids is 2. The van der Waals surface area contributed by atoms with Crippen molar-refractivity contribution in [3.05, 3.63) is 70.3 Å². The number of hydrogen-bond acceptors (Lipinski definition) is 8. The molecule has 4 atom stereocenters. The fraction of sp³-hybridized carbons (Fsp3) is 0.515. The zero-order valence-corrected chi connectivity index (χ0v) is 27.4. The summed E-state index contributed by atoms with van der Waals surface area (Å²) < 4.78 is 47.9. The van der Waals surface area contributed by atoms with Crippen LogP contribution in [0.15, 0.2) is 48.6 Å². The molecular formula is C33H42ClN3O7S. The van der Waals surface area contributed by atoms with E-state index in [9.17, 15) is 18.0 Å². The van der Waals surface area contributed by atoms with Crippen LogP contribution >= 0.6 is 11.6 Å². The summed E-state index contributed by atoms with van der Waals surface area (Å²) in [6.07, 6.45) is 8.89. The third kappa shape index (κ3) is 8.78. The Kier molecular flexibility index (Phi) is 11.1. The van der Waals surface area contributed by atoms with E-state index in [4.69, 9.17) is 25.8 Å². The first-order valence-electron chi connectivity index (χ1n) is 15.6. The van der Waals surface area contributed by atoms with Gasteiger partial charge in [0, 0.05) is 29.7 Å². The van der Waals surface area contributed by atoms with E-state index in [0.29, 0.717) is 36.3 Å². The average molecular weight is 660 g/mol. The summed E-state index contributed by atoms with van der Waals surface area (Å²) in [6, 6.07) is 10.5. The van der Waals surface area contributed by atoms with Gasteiger partial charge in [-0.05, 0) is 98.7 Å². The molecule has 1 aliphatic carbocycles. The highest BCUT2D eigenvalue weighted by Gasteiger charge is 2.38. The summed E-state index contributed by atoms with van der Waals surface area (Å²) in [5.41, 5.74) is 3.18. The maximum absolute atomic E-state index is 13.2. The van der Waals surface area contributed by atoms with Crippen molar-refractivity contribution in [3.63, 3.8) is 0 Å². The van der Waals surface area contributed by atoms with Crippen LogP contribution in [0.4, 0.5) is 5.69 Å². The van der Waals surface area contributed by atoms with Crippen LogP contribution in [0, 0.1) is 11.8 Å². The maximum Gasteiger partial charge on any atom is 0.307 e. The third-order valence-electron chi connectivity index (χ3n) is 8.83. The van der Waals surface area contributed by atoms with Crippen LogP contribution in [0.5, 0.6) is 5.75 Å². The minimum absolute atomic E-state index is 0.154. The fourth-order valence-electron chi connectivity index (χ4n) is 6.26. The van der Waals surface area contributed by atoms with E-state index >= 15 is 0 Å². The fourth-order valence-corrected chi connectivity index (χ4v) is 7.50. The monoisotopic (exact) mass is 659 g/mol. The zero-order chi connectivity index (χ0) is 32.0. The van der Waals surface area contributed by atoms with E-state index in [-0.39, 0.29) is 36.6 Å². The zero-order valence-electron chi connectivity index (χ0n) is 25.8. The molecule has 0 saturated heterocycles. The Labute approximate surface area is 270 Å². The molecule has 1 unspecified atom stereocenters. The van der Waals surface area contributed by atoms with Gasteiger partial charge in [0.2, 0.25) is 0 Å². The van der Waals surface area contributed by atoms with Crippen molar-refractivity contribution >= 4 is 39.4 Å². The molecule has 2 bridgehead atoms. The molecule has 0 spiro atoms. The number of carbonyl (C=O) groups is 2. The van der Waals surface area contributed by atoms with Crippen molar-refractivity contribution < 1.29 is 32.2 Å². The summed E-state index contributed by atoms with van der Waals surface area (Å²) in [5, 5.41) is 0.692. The van der Waals surface area contributed by atoms with Gasteiger partial charge in [-0.3, -0.25) is 9.59 Å². The van der Waals surface area contributed by atoms with Crippen LogP contribution in [0.1, 0.15) is 66.9 Å². The van der Waals surface area contributed by atoms with Crippen LogP contribution in [0.25, 0.3) is 0 Å². The standard InChI is InChI=1S/C33H42ClN3O7S/c1-22-6-5-8-30(43-17-15-32(38)42-2)28-13-10-25(28)20-37-16-4-3-7-23-18-27(34)12-9-26(23)21-44-31-14-11-24(19-29(31)37)33(39)36-45(40,41)35-22/h5,8-9,11-12,14,18-19,22,25,28,30,35H,3-4,6-7,10,13,15-17,20-21H2,1-2H3,(H,36,39)/b8-5+/t22-,25-,28+,30?/m0/s1. The summed E-state index contributed by atoms with van der Waals surface area (Å²) in [4.78, 5) is 27.3. The number of halogens is 1. The average Bonchev–Trinajstić information content (AvgIpc) is 3.01. The Morgan fingerprint density at radius 3 is 2.76 bits per heavy atom. The molecule has 0 aromatic heterocycles. The van der Waals surface area contributed by atoms with Gasteiger partial charge in [0.15, 0.2) is 0 Å². The van der Waals surface area contributed by atoms with E-state index in [2.05, 4.69) is 14.3 Å². The van der Waals surface area contributed by atoms with Gasteiger partial charge >= 0.3 is 16.2 Å². The van der Waals surface area contributed by atoms with Gasteiger partial charge in [-0.2, -0.15) is 13.1 Å². The lowest BCUT2D eigenvalue weighted by molar-refractivity contribution is -0.142. The second-order valence-corrected chi connectivity index (χ2v) is 14.0. The number of amides is 1. The van der Waals surface area contributed by atoms with E-state index in [1.54, 1.807) is 25.1 Å². The lowest BCUT2D eigenvalue weighted by atomic mass is 9.70. The summed E-state index contributed by atoms with van der Waals surface area (Å²) in [5.74, 6) is 0.0804. The Hall–Kier alpha value is -3.12. The first kappa shape index (κ1) is 33.2. The minimum atomic E-state index is -4.13. The number of fused-ring (bicyclic) bond motifs is 3. The highest BCUT2D eigenvalue weighted by molar-refractivity contribution is 7.88. The highest BCUT2D eigenvalue weighted by Crippen LogP contribution is 2.42. The second kappa shape index (κ2) is 15.0. The number of hydrogen-bond donors (Lipinski definition) is 2. The quantitative estimate of drug-likeness (QED) is 0.349. The summed E-state index contributed by atoms with van der Waals surface area (Å²) in [6.45, 7) is 3.74. The van der Waals surface area contributed by atoms with Crippen molar-refractivity contribution in [2.75, 3.05) is 31.7 Å². The highest BCUT2D eigenvalue weighted by atomic mass is 35.5. The van der Waals surface area contributed by atoms with Crippen molar-refractivity contribution in [2.45, 2.75) is 70.6 Å². The van der Waals surface area contributed by atoms with Crippen LogP contribution in [-0.4, -0.2) is 59.2 Å². The lowest BCUT2D eigenvalue weighted by Gasteiger charge is -2.44. The van der Waals surface area contributed by atoms with E-state index in [0.717, 1.165) is 55.5 Å². The number of esters is 1. The van der Waals surface area contributed by atoms with E-state index in [1.807, 2.05) is 30.4 Å². The number of ether oxygens (including phenoxy) is 3. The first-order valence-corrected chi connectivity index (χ1v) is 17.5. The van der Waals surface area contributed by atoms with Crippen molar-refractivity contribution in [1.29, 1.82) is 0 Å². The largest absolute Gasteiger partial charge is 0.487 e. The number of methoxy groups -OCH3 is 1. The molecule has 2 aliphatic heterocycles. The SMILES string of the molecule is COC(=O)CCOC1/C=C/C[C@H](C)NS(=O)(=O)NC(=O)c2ccc3c(c2)N(CCCCc2cc(Cl)ccc2CO3)C[C@@H]2CC[C@@H]12. The molecule has 1 saturated carbocycles. The van der Waals surface area contributed by atoms with E-state index < -0.39 is 22.2 Å². The number of nitrogens with zero attached hydrogens (tertiary/aromatic N) is 1. The van der Waals surface area contributed by atoms with Crippen LogP contribution in [0.2, 0.25) is 5.02 Å². The molecule has 5 rings (SSSR count). The molecule has 2 N–H and O–H groups in total. The van der Waals surface area contributed by atoms with Gasteiger partial charge in [0.05, 0.1) is 31.9 Å². The van der Waals surface area contributed by atoms with Crippen molar-refractivity contribution in [2.24, 2.45) is 11.8 Å². The number of anilines is 1. The molecule has 1 amide bonds. The van der Waals surface area contributed by atoms with Crippen molar-refractivity contribution in [3.8, 4) is 5.75 Å². The second-order valence-electron chi connectivity index (χ2n) is 12.1. The number of aryl methyl sites for hydroxylation is 1. The van der Waals surface area contributed by atoms with Crippen LogP contribution in [-0.2, 0) is 37.5 Å². The van der Waals surface area contributed by atoms with E-state index in [1.165, 1.54) is 7.11 Å². The molecular weight excluding hydrogens is 618 g/mol. The number of benzene rings is 2. The third-order valence-corrected chi connectivity index (χ3v) is 10.2. The van der Waals surface area contributed by atoms with Gasteiger partial charge in [-0.15, -0.1) is 0 Å². The lowest BCUT2D eigenvalue weighted by Crippen LogP contribution is -2.45. The van der Waals surface area contributed by atoms with Gasteiger partial charge in [0.25, 0.3) is 5.91 Å². The molecule has 45 heavy (non-hydrogen) atoms. The van der Waals surface area contributed by atoms with Gasteiger partial charge in [-0.1, -0.05) is 29.8 Å². The number of nitrogens with one attached hydrogen (secondary N) is 2. The molecule has 1 fully saturated rings. The first-order chi connectivity index (χ1) is 21.6. The van der Waals surface area contributed by atoms with Gasteiger partial charge in [-0.25, -0.2) is 4.72 Å². The van der Waals surface area contributed by atoms with Crippen LogP contribution in [0.3, 0.4) is 0 Å². The molecule has 2 aromatic carbocycles. The topological polar surface area (TPSA) is 123 Å². The molecule has 10 nitrogen and oxygen atoms in total. The minimum Gasteiger partial charge on any atom is -0.487 e. The number of rotatable bonds is 4. The molecule has 2 heterocycles. The smallest absolute Gasteiger partial charge is 0.307 e. The predicted octanol–water partition coefficient (Wildman–Crippen LogP) is 4.95. The Morgan fingerprint density at radius 1 is 1.13 bits per heavy atom. The Bertz CT molecular complexity index is 1520. The molecule has 2 aromatic rings. The molecule has 3 aliphatic rings. The van der Waals surface area contributed by atoms with Crippen LogP contribution < -0.4 is 19.1 Å². The molecule has 12 heteroatoms. The van der Waals surface area contributed by atoms with Crippen molar-refractivity contribution in [1.82, 2.24) is 9.44 Å². The van der Waals surface area contributed by atoms with Gasteiger partial charge < -0.3 is 19.1 Å². The maximum atomic E-state index is 13.2. The molecule has 244 valence electrons. The summed E-state index contributed by atoms with van der Waals surface area (Å²) >= 11 is 6.32. The Morgan fingerprint density at radius 2 is 1.98 bits per heavy atom. The Balaban J connectivity index is 1.49. The van der Waals surface area contributed by atoms with Gasteiger partial charge in [0.1, 0.15) is 12.4 Å².